The van der Waals surface area contributed by atoms with E-state index in [1.807, 2.05) is 6.07 Å². The lowest BCUT2D eigenvalue weighted by Gasteiger charge is -2.14. The number of nitrogens with one attached hydrogen (secondary N) is 1. The average molecular weight is 445 g/mol. The van der Waals surface area contributed by atoms with E-state index in [0.29, 0.717) is 39.3 Å². The van der Waals surface area contributed by atoms with Gasteiger partial charge in [0.1, 0.15) is 15.8 Å². The lowest BCUT2D eigenvalue weighted by atomic mass is 10.2. The topological polar surface area (TPSA) is 75.9 Å². The van der Waals surface area contributed by atoms with Gasteiger partial charge in [0.2, 0.25) is 0 Å². The smallest absolute Gasteiger partial charge is 0.267 e. The molecule has 1 N–H and O–H groups in total. The molecule has 2 fully saturated rings. The molecule has 4 rings (SSSR count). The van der Waals surface area contributed by atoms with Crippen molar-refractivity contribution in [1.29, 1.82) is 0 Å². The third-order valence-corrected chi connectivity index (χ3v) is 6.55. The molecule has 9 heteroatoms. The molecule has 7 nitrogen and oxygen atoms in total. The molecule has 30 heavy (non-hydrogen) atoms. The van der Waals surface area contributed by atoms with Crippen LogP contribution in [0.2, 0.25) is 0 Å². The van der Waals surface area contributed by atoms with Crippen LogP contribution in [0, 0.1) is 0 Å². The highest BCUT2D eigenvalue weighted by Gasteiger charge is 2.32. The number of rotatable bonds is 7. The monoisotopic (exact) mass is 444 g/mol. The van der Waals surface area contributed by atoms with Crippen LogP contribution in [0.3, 0.4) is 0 Å². The standard InChI is InChI=1S/C21H24N4O3S2/c1-2-3-9-25-20(27)16(30-21(25)29)12-15-18(22-13-14-7-6-11-28-14)23-17-8-4-5-10-24(17)19(15)26/h4-5,8,10,12,14,22H,2-3,6-7,9,11,13H2,1H3/b16-12+/t14-/m1/s1. The van der Waals surface area contributed by atoms with Crippen molar-refractivity contribution in [3.63, 3.8) is 0 Å². The van der Waals surface area contributed by atoms with Gasteiger partial charge in [0, 0.05) is 25.9 Å². The molecule has 1 amide bonds. The largest absolute Gasteiger partial charge is 0.376 e. The van der Waals surface area contributed by atoms with Crippen molar-refractivity contribution in [2.24, 2.45) is 0 Å². The predicted octanol–water partition coefficient (Wildman–Crippen LogP) is 3.29. The van der Waals surface area contributed by atoms with Crippen molar-refractivity contribution in [2.45, 2.75) is 38.7 Å². The fourth-order valence-corrected chi connectivity index (χ4v) is 4.81. The normalized spacial score (nSPS) is 20.6. The maximum absolute atomic E-state index is 13.2. The summed E-state index contributed by atoms with van der Waals surface area (Å²) in [6.45, 7) is 3.99. The number of nitrogens with zero attached hydrogens (tertiary/aromatic N) is 3. The maximum atomic E-state index is 13.2. The Labute approximate surface area is 184 Å². The second-order valence-electron chi connectivity index (χ2n) is 7.31. The molecule has 0 unspecified atom stereocenters. The Morgan fingerprint density at radius 1 is 1.40 bits per heavy atom. The Kier molecular flexibility index (Phi) is 6.50. The number of fused-ring (bicyclic) bond motifs is 1. The molecule has 2 saturated heterocycles. The van der Waals surface area contributed by atoms with Gasteiger partial charge in [-0.15, -0.1) is 0 Å². The van der Waals surface area contributed by atoms with Crippen molar-refractivity contribution >= 4 is 51.7 Å². The van der Waals surface area contributed by atoms with Crippen LogP contribution in [0.15, 0.2) is 34.1 Å². The number of hydrogen-bond donors (Lipinski definition) is 1. The van der Waals surface area contributed by atoms with Crippen LogP contribution in [0.5, 0.6) is 0 Å². The van der Waals surface area contributed by atoms with Gasteiger partial charge in [0.15, 0.2) is 0 Å². The Morgan fingerprint density at radius 3 is 3.03 bits per heavy atom. The molecule has 0 aliphatic carbocycles. The highest BCUT2D eigenvalue weighted by molar-refractivity contribution is 8.26. The number of carbonyl (C=O) groups is 1. The molecule has 158 valence electrons. The van der Waals surface area contributed by atoms with Gasteiger partial charge >= 0.3 is 0 Å². The zero-order valence-corrected chi connectivity index (χ0v) is 18.4. The summed E-state index contributed by atoms with van der Waals surface area (Å²) in [5.41, 5.74) is 0.673. The summed E-state index contributed by atoms with van der Waals surface area (Å²) in [6, 6.07) is 5.40. The molecule has 2 aromatic rings. The minimum Gasteiger partial charge on any atom is -0.376 e. The molecule has 2 aromatic heterocycles. The summed E-state index contributed by atoms with van der Waals surface area (Å²) in [5.74, 6) is 0.307. The molecular weight excluding hydrogens is 420 g/mol. The van der Waals surface area contributed by atoms with Crippen LogP contribution in [0.4, 0.5) is 5.82 Å². The Balaban J connectivity index is 1.71. The molecule has 0 aromatic carbocycles. The van der Waals surface area contributed by atoms with Gasteiger partial charge in [0.05, 0.1) is 16.6 Å². The number of pyridine rings is 1. The van der Waals surface area contributed by atoms with E-state index in [9.17, 15) is 9.59 Å². The van der Waals surface area contributed by atoms with E-state index in [2.05, 4.69) is 17.2 Å². The van der Waals surface area contributed by atoms with Crippen LogP contribution in [-0.2, 0) is 9.53 Å². The summed E-state index contributed by atoms with van der Waals surface area (Å²) in [6.07, 6.45) is 7.27. The molecule has 1 atom stereocenters. The van der Waals surface area contributed by atoms with Crippen LogP contribution in [-0.4, -0.2) is 50.3 Å². The fraction of sp³-hybridized carbons (Fsp3) is 0.429. The summed E-state index contributed by atoms with van der Waals surface area (Å²) in [4.78, 5) is 32.8. The lowest BCUT2D eigenvalue weighted by molar-refractivity contribution is -0.122. The quantitative estimate of drug-likeness (QED) is 0.519. The number of amides is 1. The van der Waals surface area contributed by atoms with E-state index in [-0.39, 0.29) is 17.6 Å². The van der Waals surface area contributed by atoms with Crippen LogP contribution >= 0.6 is 24.0 Å². The number of thioether (sulfide) groups is 1. The predicted molar refractivity (Wildman–Crippen MR) is 124 cm³/mol. The first-order valence-corrected chi connectivity index (χ1v) is 11.4. The Bertz CT molecular complexity index is 1060. The first kappa shape index (κ1) is 21.0. The number of hydrogen-bond acceptors (Lipinski definition) is 7. The lowest BCUT2D eigenvalue weighted by Crippen LogP contribution is -2.29. The maximum Gasteiger partial charge on any atom is 0.267 e. The third kappa shape index (κ3) is 4.28. The van der Waals surface area contributed by atoms with E-state index in [4.69, 9.17) is 17.0 Å². The minimum absolute atomic E-state index is 0.0983. The van der Waals surface area contributed by atoms with Crippen LogP contribution in [0.25, 0.3) is 11.7 Å². The molecular formula is C21H24N4O3S2. The zero-order valence-electron chi connectivity index (χ0n) is 16.8. The van der Waals surface area contributed by atoms with E-state index in [1.54, 1.807) is 29.3 Å². The van der Waals surface area contributed by atoms with Crippen LogP contribution in [0.1, 0.15) is 38.2 Å². The van der Waals surface area contributed by atoms with E-state index in [0.717, 1.165) is 32.3 Å². The highest BCUT2D eigenvalue weighted by atomic mass is 32.2. The number of ether oxygens (including phenoxy) is 1. The molecule has 2 aliphatic heterocycles. The molecule has 0 radical (unpaired) electrons. The van der Waals surface area contributed by atoms with Gasteiger partial charge in [-0.1, -0.05) is 43.4 Å². The van der Waals surface area contributed by atoms with Crippen LogP contribution < -0.4 is 10.9 Å². The Morgan fingerprint density at radius 2 is 2.27 bits per heavy atom. The van der Waals surface area contributed by atoms with Gasteiger partial charge in [-0.3, -0.25) is 18.9 Å². The number of carbonyl (C=O) groups excluding carboxylic acids is 1. The summed E-state index contributed by atoms with van der Waals surface area (Å²) >= 11 is 6.62. The summed E-state index contributed by atoms with van der Waals surface area (Å²) in [7, 11) is 0. The van der Waals surface area contributed by atoms with Gasteiger partial charge in [-0.25, -0.2) is 4.98 Å². The molecule has 0 saturated carbocycles. The van der Waals surface area contributed by atoms with Crippen molar-refractivity contribution in [3.8, 4) is 0 Å². The molecule has 0 spiro atoms. The Hall–Kier alpha value is -2.23. The molecule has 2 aliphatic rings. The van der Waals surface area contributed by atoms with Crippen molar-refractivity contribution in [2.75, 3.05) is 25.0 Å². The first-order chi connectivity index (χ1) is 14.6. The average Bonchev–Trinajstić information content (AvgIpc) is 3.36. The van der Waals surface area contributed by atoms with E-state index in [1.165, 1.54) is 16.2 Å². The van der Waals surface area contributed by atoms with E-state index >= 15 is 0 Å². The second-order valence-corrected chi connectivity index (χ2v) is 8.99. The van der Waals surface area contributed by atoms with Crippen molar-refractivity contribution in [3.05, 3.63) is 45.2 Å². The summed E-state index contributed by atoms with van der Waals surface area (Å²) in [5, 5.41) is 3.27. The second kappa shape index (κ2) is 9.28. The molecule has 4 heterocycles. The van der Waals surface area contributed by atoms with Crippen molar-refractivity contribution < 1.29 is 9.53 Å². The highest BCUT2D eigenvalue weighted by Crippen LogP contribution is 2.33. The molecule has 0 bridgehead atoms. The van der Waals surface area contributed by atoms with Crippen molar-refractivity contribution in [1.82, 2.24) is 14.3 Å². The SMILES string of the molecule is CCCCN1C(=O)/C(=C\c2c(NC[C@H]3CCCO3)nc3ccccn3c2=O)SC1=S. The van der Waals surface area contributed by atoms with Gasteiger partial charge in [-0.05, 0) is 37.5 Å². The number of anilines is 1. The minimum atomic E-state index is -0.228. The number of unbranched alkanes of at least 4 members (excludes halogenated alkanes) is 1. The van der Waals surface area contributed by atoms with Gasteiger partial charge < -0.3 is 10.1 Å². The van der Waals surface area contributed by atoms with E-state index < -0.39 is 0 Å². The number of thiocarbonyl (C=S) groups is 1. The zero-order chi connectivity index (χ0) is 21.1. The number of aromatic nitrogens is 2. The third-order valence-electron chi connectivity index (χ3n) is 5.17. The van der Waals surface area contributed by atoms with Gasteiger partial charge in [-0.2, -0.15) is 0 Å². The summed E-state index contributed by atoms with van der Waals surface area (Å²) < 4.78 is 7.69. The van der Waals surface area contributed by atoms with Gasteiger partial charge in [0.25, 0.3) is 11.5 Å². The fourth-order valence-electron chi connectivity index (χ4n) is 3.52. The first-order valence-electron chi connectivity index (χ1n) is 10.2.